The smallest absolute Gasteiger partial charge is 0.0641 e. The van der Waals surface area contributed by atoms with Crippen LogP contribution in [0.1, 0.15) is 19.4 Å². The quantitative estimate of drug-likeness (QED) is 0.738. The third-order valence-corrected chi connectivity index (χ3v) is 3.27. The summed E-state index contributed by atoms with van der Waals surface area (Å²) >= 11 is 6.26. The van der Waals surface area contributed by atoms with Gasteiger partial charge in [-0.2, -0.15) is 0 Å². The van der Waals surface area contributed by atoms with Crippen LogP contribution in [0.5, 0.6) is 0 Å². The van der Waals surface area contributed by atoms with Crippen molar-refractivity contribution in [3.63, 3.8) is 0 Å². The number of nitrogens with zero attached hydrogens (tertiary/aromatic N) is 1. The number of nitrogens with two attached hydrogens (primary N) is 1. The lowest BCUT2D eigenvalue weighted by Gasteiger charge is -2.26. The minimum atomic E-state index is 0.611. The highest BCUT2D eigenvalue weighted by Crippen LogP contribution is 2.27. The van der Waals surface area contributed by atoms with E-state index >= 15 is 0 Å². The van der Waals surface area contributed by atoms with Crippen molar-refractivity contribution < 1.29 is 4.74 Å². The molecule has 0 aliphatic rings. The van der Waals surface area contributed by atoms with Crippen molar-refractivity contribution in [2.45, 2.75) is 20.3 Å². The molecule has 0 aliphatic carbocycles. The number of hydrogen-bond donors (Lipinski definition) is 1. The van der Waals surface area contributed by atoms with Crippen LogP contribution in [0.3, 0.4) is 0 Å². The number of rotatable bonds is 8. The van der Waals surface area contributed by atoms with Gasteiger partial charge in [-0.25, -0.2) is 0 Å². The van der Waals surface area contributed by atoms with Gasteiger partial charge in [0.05, 0.1) is 6.61 Å². The lowest BCUT2D eigenvalue weighted by molar-refractivity contribution is 0.154. The van der Waals surface area contributed by atoms with E-state index in [0.717, 1.165) is 43.3 Å². The zero-order chi connectivity index (χ0) is 13.4. The maximum Gasteiger partial charge on any atom is 0.0641 e. The molecule has 0 amide bonds. The highest BCUT2D eigenvalue weighted by Gasteiger charge is 2.11. The molecule has 0 unspecified atom stereocenters. The van der Waals surface area contributed by atoms with E-state index in [1.54, 1.807) is 0 Å². The van der Waals surface area contributed by atoms with Gasteiger partial charge in [0.15, 0.2) is 0 Å². The molecule has 2 N–H and O–H groups in total. The van der Waals surface area contributed by atoms with Gasteiger partial charge in [0.25, 0.3) is 0 Å². The van der Waals surface area contributed by atoms with Gasteiger partial charge >= 0.3 is 0 Å². The summed E-state index contributed by atoms with van der Waals surface area (Å²) < 4.78 is 5.42. The Kier molecular flexibility index (Phi) is 7.09. The number of hydrogen-bond acceptors (Lipinski definition) is 3. The van der Waals surface area contributed by atoms with E-state index in [9.17, 15) is 0 Å². The van der Waals surface area contributed by atoms with Gasteiger partial charge in [0.1, 0.15) is 0 Å². The number of likely N-dealkylation sites (N-methyl/N-ethyl adjacent to an activating group) is 1. The topological polar surface area (TPSA) is 38.5 Å². The second kappa shape index (κ2) is 8.35. The highest BCUT2D eigenvalue weighted by molar-refractivity contribution is 6.31. The standard InChI is InChI=1S/C14H23ClN2O/c1-3-17(10-11-18-4-2)14-7-5-6-13(15)12(14)8-9-16/h5-7H,3-4,8-11,16H2,1-2H3. The van der Waals surface area contributed by atoms with Gasteiger partial charge in [-0.1, -0.05) is 17.7 Å². The van der Waals surface area contributed by atoms with Crippen LogP contribution >= 0.6 is 11.6 Å². The highest BCUT2D eigenvalue weighted by atomic mass is 35.5. The molecule has 0 saturated heterocycles. The van der Waals surface area contributed by atoms with Crippen LogP contribution in [-0.2, 0) is 11.2 Å². The molecule has 18 heavy (non-hydrogen) atoms. The normalized spacial score (nSPS) is 10.7. The van der Waals surface area contributed by atoms with E-state index < -0.39 is 0 Å². The van der Waals surface area contributed by atoms with E-state index in [-0.39, 0.29) is 0 Å². The minimum Gasteiger partial charge on any atom is -0.380 e. The second-order valence-corrected chi connectivity index (χ2v) is 4.46. The Bertz CT molecular complexity index is 358. The van der Waals surface area contributed by atoms with E-state index in [1.165, 1.54) is 5.69 Å². The van der Waals surface area contributed by atoms with Crippen molar-refractivity contribution >= 4 is 17.3 Å². The zero-order valence-corrected chi connectivity index (χ0v) is 12.0. The summed E-state index contributed by atoms with van der Waals surface area (Å²) in [6.45, 7) is 8.06. The van der Waals surface area contributed by atoms with Gasteiger partial charge in [-0.15, -0.1) is 0 Å². The molecule has 0 aliphatic heterocycles. The SMILES string of the molecule is CCOCCN(CC)c1cccc(Cl)c1CCN. The van der Waals surface area contributed by atoms with Crippen LogP contribution in [0, 0.1) is 0 Å². The zero-order valence-electron chi connectivity index (χ0n) is 11.3. The first-order chi connectivity index (χ1) is 8.74. The minimum absolute atomic E-state index is 0.611. The fourth-order valence-corrected chi connectivity index (χ4v) is 2.27. The van der Waals surface area contributed by atoms with Gasteiger partial charge < -0.3 is 15.4 Å². The van der Waals surface area contributed by atoms with Crippen LogP contribution < -0.4 is 10.6 Å². The van der Waals surface area contributed by atoms with Crippen molar-refractivity contribution in [2.75, 3.05) is 37.7 Å². The molecule has 102 valence electrons. The summed E-state index contributed by atoms with van der Waals surface area (Å²) in [5, 5.41) is 0.799. The first-order valence-electron chi connectivity index (χ1n) is 6.54. The molecule has 1 rings (SSSR count). The summed E-state index contributed by atoms with van der Waals surface area (Å²) in [6.07, 6.45) is 0.806. The Morgan fingerprint density at radius 1 is 1.33 bits per heavy atom. The molecular formula is C14H23ClN2O. The molecule has 0 aromatic heterocycles. The monoisotopic (exact) mass is 270 g/mol. The summed E-state index contributed by atoms with van der Waals surface area (Å²) in [7, 11) is 0. The van der Waals surface area contributed by atoms with Gasteiger partial charge in [0, 0.05) is 30.4 Å². The van der Waals surface area contributed by atoms with Crippen LogP contribution in [-0.4, -0.2) is 32.8 Å². The van der Waals surface area contributed by atoms with Crippen molar-refractivity contribution in [1.29, 1.82) is 0 Å². The molecule has 0 atom stereocenters. The molecule has 4 heteroatoms. The molecular weight excluding hydrogens is 248 g/mol. The first kappa shape index (κ1) is 15.3. The van der Waals surface area contributed by atoms with E-state index in [0.29, 0.717) is 6.54 Å². The lowest BCUT2D eigenvalue weighted by atomic mass is 10.1. The fourth-order valence-electron chi connectivity index (χ4n) is 2.00. The van der Waals surface area contributed by atoms with E-state index in [4.69, 9.17) is 22.1 Å². The first-order valence-corrected chi connectivity index (χ1v) is 6.92. The number of halogens is 1. The lowest BCUT2D eigenvalue weighted by Crippen LogP contribution is -2.28. The molecule has 0 saturated carbocycles. The Morgan fingerprint density at radius 3 is 2.72 bits per heavy atom. The fraction of sp³-hybridized carbons (Fsp3) is 0.571. The largest absolute Gasteiger partial charge is 0.380 e. The molecule has 0 spiro atoms. The van der Waals surface area contributed by atoms with Crippen molar-refractivity contribution in [3.05, 3.63) is 28.8 Å². The second-order valence-electron chi connectivity index (χ2n) is 4.05. The molecule has 1 aromatic carbocycles. The maximum atomic E-state index is 6.26. The molecule has 3 nitrogen and oxygen atoms in total. The average molecular weight is 271 g/mol. The third kappa shape index (κ3) is 4.16. The molecule has 0 radical (unpaired) electrons. The van der Waals surface area contributed by atoms with Crippen molar-refractivity contribution in [2.24, 2.45) is 5.73 Å². The summed E-state index contributed by atoms with van der Waals surface area (Å²) in [5.74, 6) is 0. The molecule has 0 heterocycles. The Labute approximate surface area is 115 Å². The van der Waals surface area contributed by atoms with E-state index in [1.807, 2.05) is 19.1 Å². The third-order valence-electron chi connectivity index (χ3n) is 2.92. The Balaban J connectivity index is 2.86. The van der Waals surface area contributed by atoms with Crippen LogP contribution in [0.25, 0.3) is 0 Å². The number of benzene rings is 1. The average Bonchev–Trinajstić information content (AvgIpc) is 2.38. The van der Waals surface area contributed by atoms with Gasteiger partial charge in [-0.3, -0.25) is 0 Å². The van der Waals surface area contributed by atoms with Crippen molar-refractivity contribution in [3.8, 4) is 0 Å². The summed E-state index contributed by atoms with van der Waals surface area (Å²) in [5.41, 5.74) is 7.97. The Hall–Kier alpha value is -0.770. The number of ether oxygens (including phenoxy) is 1. The van der Waals surface area contributed by atoms with Crippen LogP contribution in [0.15, 0.2) is 18.2 Å². The van der Waals surface area contributed by atoms with Crippen LogP contribution in [0.2, 0.25) is 5.02 Å². The van der Waals surface area contributed by atoms with Gasteiger partial charge in [-0.05, 0) is 44.5 Å². The van der Waals surface area contributed by atoms with E-state index in [2.05, 4.69) is 17.9 Å². The van der Waals surface area contributed by atoms with Gasteiger partial charge in [0.2, 0.25) is 0 Å². The molecule has 1 aromatic rings. The summed E-state index contributed by atoms with van der Waals surface area (Å²) in [6, 6.07) is 6.01. The molecule has 0 fully saturated rings. The van der Waals surface area contributed by atoms with Crippen LogP contribution in [0.4, 0.5) is 5.69 Å². The summed E-state index contributed by atoms with van der Waals surface area (Å²) in [4.78, 5) is 2.28. The predicted molar refractivity (Wildman–Crippen MR) is 78.6 cm³/mol. The predicted octanol–water partition coefficient (Wildman–Crippen LogP) is 2.70. The Morgan fingerprint density at radius 2 is 2.11 bits per heavy atom. The molecule has 0 bridgehead atoms. The van der Waals surface area contributed by atoms with Crippen molar-refractivity contribution in [1.82, 2.24) is 0 Å². The maximum absolute atomic E-state index is 6.26. The number of anilines is 1.